The van der Waals surface area contributed by atoms with Crippen molar-refractivity contribution in [3.8, 4) is 0 Å². The smallest absolute Gasteiger partial charge is 0.308 e. The first-order valence-electron chi connectivity index (χ1n) is 11.3. The molecule has 0 spiro atoms. The monoisotopic (exact) mass is 547 g/mol. The molecule has 0 aliphatic carbocycles. The second kappa shape index (κ2) is 9.78. The Kier molecular flexibility index (Phi) is 6.49. The third kappa shape index (κ3) is 5.59. The molecule has 0 radical (unpaired) electrons. The number of fused-ring (bicyclic) bond motifs is 2. The molecule has 5 aromatic carbocycles. The van der Waals surface area contributed by atoms with Crippen LogP contribution in [0.3, 0.4) is 0 Å². The summed E-state index contributed by atoms with van der Waals surface area (Å²) in [6.07, 6.45) is 0. The van der Waals surface area contributed by atoms with Crippen LogP contribution in [0.15, 0.2) is 113 Å². The van der Waals surface area contributed by atoms with Crippen LogP contribution in [0.2, 0.25) is 0 Å². The highest BCUT2D eigenvalue weighted by molar-refractivity contribution is 7.92. The fourth-order valence-electron chi connectivity index (χ4n) is 3.94. The zero-order valence-corrected chi connectivity index (χ0v) is 21.3. The fraction of sp³-hybridized carbons (Fsp3) is 0. The summed E-state index contributed by atoms with van der Waals surface area (Å²) < 4.78 is 59.7. The molecule has 0 heterocycles. The van der Waals surface area contributed by atoms with E-state index >= 15 is 0 Å². The van der Waals surface area contributed by atoms with Gasteiger partial charge < -0.3 is 10.6 Å². The Bertz CT molecular complexity index is 1910. The molecule has 192 valence electrons. The van der Waals surface area contributed by atoms with E-state index in [4.69, 9.17) is 4.55 Å². The molecular weight excluding hydrogens is 526 g/mol. The van der Waals surface area contributed by atoms with Crippen LogP contribution >= 0.6 is 0 Å². The standard InChI is InChI=1S/C27H21N3O6S2/c31-27(28-23-8-5-18-3-1-2-4-20(18)15-23)29-24-9-6-19-7-12-26(17-21(19)16-24)37(32,33)30-22-10-13-25(14-11-22)38(34,35)36/h1-17,30H,(H2,28,29,31)(H,34,35,36). The van der Waals surface area contributed by atoms with E-state index in [-0.39, 0.29) is 15.5 Å². The zero-order valence-electron chi connectivity index (χ0n) is 19.6. The van der Waals surface area contributed by atoms with Crippen molar-refractivity contribution in [2.24, 2.45) is 0 Å². The lowest BCUT2D eigenvalue weighted by Crippen LogP contribution is -2.19. The van der Waals surface area contributed by atoms with E-state index in [9.17, 15) is 21.6 Å². The summed E-state index contributed by atoms with van der Waals surface area (Å²) in [5.41, 5.74) is 1.23. The highest BCUT2D eigenvalue weighted by Crippen LogP contribution is 2.25. The second-order valence-electron chi connectivity index (χ2n) is 8.47. The summed E-state index contributed by atoms with van der Waals surface area (Å²) in [4.78, 5) is 12.2. The molecule has 0 bridgehead atoms. The summed E-state index contributed by atoms with van der Waals surface area (Å²) in [7, 11) is -8.40. The largest absolute Gasteiger partial charge is 0.323 e. The molecule has 2 amide bonds. The highest BCUT2D eigenvalue weighted by Gasteiger charge is 2.16. The Balaban J connectivity index is 1.33. The molecule has 0 saturated carbocycles. The number of hydrogen-bond donors (Lipinski definition) is 4. The minimum Gasteiger partial charge on any atom is -0.308 e. The fourth-order valence-corrected chi connectivity index (χ4v) is 5.51. The average Bonchev–Trinajstić information content (AvgIpc) is 2.87. The Hall–Kier alpha value is -4.45. The lowest BCUT2D eigenvalue weighted by atomic mass is 10.1. The molecular formula is C27H21N3O6S2. The summed E-state index contributed by atoms with van der Waals surface area (Å²) >= 11 is 0. The topological polar surface area (TPSA) is 142 Å². The number of nitrogens with one attached hydrogen (secondary N) is 3. The van der Waals surface area contributed by atoms with E-state index in [1.165, 1.54) is 24.3 Å². The molecule has 0 aliphatic heterocycles. The minimum absolute atomic E-state index is 0.0263. The first-order chi connectivity index (χ1) is 18.1. The van der Waals surface area contributed by atoms with Crippen LogP contribution in [0.5, 0.6) is 0 Å². The van der Waals surface area contributed by atoms with Crippen molar-refractivity contribution in [1.82, 2.24) is 0 Å². The number of sulfonamides is 1. The molecule has 11 heteroatoms. The normalized spacial score (nSPS) is 11.8. The van der Waals surface area contributed by atoms with Crippen molar-refractivity contribution in [3.05, 3.63) is 103 Å². The van der Waals surface area contributed by atoms with Crippen LogP contribution in [0.4, 0.5) is 21.9 Å². The molecule has 0 unspecified atom stereocenters. The molecule has 38 heavy (non-hydrogen) atoms. The number of urea groups is 1. The predicted molar refractivity (Wildman–Crippen MR) is 148 cm³/mol. The van der Waals surface area contributed by atoms with Gasteiger partial charge in [0, 0.05) is 17.1 Å². The number of amides is 2. The van der Waals surface area contributed by atoms with Crippen LogP contribution < -0.4 is 15.4 Å². The molecule has 0 fully saturated rings. The van der Waals surface area contributed by atoms with Crippen LogP contribution in [0, 0.1) is 0 Å². The minimum atomic E-state index is -4.39. The Labute approximate surface area is 218 Å². The molecule has 0 aliphatic rings. The number of benzene rings is 5. The number of hydrogen-bond acceptors (Lipinski definition) is 5. The number of carbonyl (C=O) groups is 1. The Morgan fingerprint density at radius 2 is 1.05 bits per heavy atom. The van der Waals surface area contributed by atoms with Crippen molar-refractivity contribution in [2.75, 3.05) is 15.4 Å². The van der Waals surface area contributed by atoms with E-state index in [1.54, 1.807) is 24.3 Å². The molecule has 5 rings (SSSR count). The predicted octanol–water partition coefficient (Wildman–Crippen LogP) is 5.68. The first-order valence-corrected chi connectivity index (χ1v) is 14.2. The number of anilines is 3. The number of rotatable bonds is 6. The maximum atomic E-state index is 12.9. The van der Waals surface area contributed by atoms with Gasteiger partial charge in [-0.25, -0.2) is 13.2 Å². The molecule has 0 saturated heterocycles. The van der Waals surface area contributed by atoms with E-state index < -0.39 is 26.2 Å². The molecule has 5 aromatic rings. The van der Waals surface area contributed by atoms with Gasteiger partial charge in [0.1, 0.15) is 0 Å². The van der Waals surface area contributed by atoms with Crippen molar-refractivity contribution in [1.29, 1.82) is 0 Å². The van der Waals surface area contributed by atoms with Crippen LogP contribution in [-0.4, -0.2) is 27.4 Å². The highest BCUT2D eigenvalue weighted by atomic mass is 32.2. The van der Waals surface area contributed by atoms with Crippen molar-refractivity contribution in [3.63, 3.8) is 0 Å². The van der Waals surface area contributed by atoms with Gasteiger partial charge in [0.15, 0.2) is 0 Å². The number of carbonyl (C=O) groups excluding carboxylic acids is 1. The van der Waals surface area contributed by atoms with Gasteiger partial charge in [0.05, 0.1) is 9.79 Å². The van der Waals surface area contributed by atoms with E-state index in [2.05, 4.69) is 15.4 Å². The second-order valence-corrected chi connectivity index (χ2v) is 11.6. The SMILES string of the molecule is O=C(Nc1ccc2ccccc2c1)Nc1ccc2ccc(S(=O)(=O)Nc3ccc(S(=O)(=O)O)cc3)cc2c1. The van der Waals surface area contributed by atoms with Crippen LogP contribution in [0.1, 0.15) is 0 Å². The maximum Gasteiger partial charge on any atom is 0.323 e. The van der Waals surface area contributed by atoms with Gasteiger partial charge in [-0.3, -0.25) is 9.27 Å². The third-order valence-electron chi connectivity index (χ3n) is 5.79. The van der Waals surface area contributed by atoms with Crippen molar-refractivity contribution >= 4 is 64.8 Å². The van der Waals surface area contributed by atoms with Crippen LogP contribution in [-0.2, 0) is 20.1 Å². The molecule has 0 atom stereocenters. The lowest BCUT2D eigenvalue weighted by Gasteiger charge is -2.11. The lowest BCUT2D eigenvalue weighted by molar-refractivity contribution is 0.262. The zero-order chi connectivity index (χ0) is 26.9. The van der Waals surface area contributed by atoms with E-state index in [0.29, 0.717) is 16.8 Å². The Morgan fingerprint density at radius 1 is 0.553 bits per heavy atom. The average molecular weight is 548 g/mol. The first kappa shape index (κ1) is 25.2. The summed E-state index contributed by atoms with van der Waals surface area (Å²) in [5.74, 6) is 0. The maximum absolute atomic E-state index is 12.9. The van der Waals surface area contributed by atoms with Gasteiger partial charge >= 0.3 is 6.03 Å². The summed E-state index contributed by atoms with van der Waals surface area (Å²) in [6.45, 7) is 0. The van der Waals surface area contributed by atoms with Gasteiger partial charge in [0.25, 0.3) is 20.1 Å². The van der Waals surface area contributed by atoms with Gasteiger partial charge in [-0.2, -0.15) is 8.42 Å². The summed E-state index contributed by atoms with van der Waals surface area (Å²) in [5, 5.41) is 8.96. The Morgan fingerprint density at radius 3 is 1.68 bits per heavy atom. The quantitative estimate of drug-likeness (QED) is 0.201. The third-order valence-corrected chi connectivity index (χ3v) is 8.04. The van der Waals surface area contributed by atoms with E-state index in [1.807, 2.05) is 42.5 Å². The molecule has 9 nitrogen and oxygen atoms in total. The van der Waals surface area contributed by atoms with Crippen LogP contribution in [0.25, 0.3) is 21.5 Å². The van der Waals surface area contributed by atoms with Gasteiger partial charge in [-0.1, -0.05) is 42.5 Å². The van der Waals surface area contributed by atoms with Gasteiger partial charge in [-0.15, -0.1) is 0 Å². The summed E-state index contributed by atoms with van der Waals surface area (Å²) in [6, 6.07) is 27.3. The van der Waals surface area contributed by atoms with Gasteiger partial charge in [-0.05, 0) is 82.2 Å². The molecule has 0 aromatic heterocycles. The van der Waals surface area contributed by atoms with E-state index in [0.717, 1.165) is 28.3 Å². The molecule has 4 N–H and O–H groups in total. The van der Waals surface area contributed by atoms with Crippen molar-refractivity contribution < 1.29 is 26.2 Å². The van der Waals surface area contributed by atoms with Crippen molar-refractivity contribution in [2.45, 2.75) is 9.79 Å². The van der Waals surface area contributed by atoms with Gasteiger partial charge in [0.2, 0.25) is 0 Å².